The Kier molecular flexibility index (Phi) is 4.16. The highest BCUT2D eigenvalue weighted by Gasteiger charge is 2.30. The van der Waals surface area contributed by atoms with E-state index in [1.807, 2.05) is 0 Å². The number of likely N-dealkylation sites (tertiary alicyclic amines) is 1. The van der Waals surface area contributed by atoms with Crippen LogP contribution in [0.1, 0.15) is 30.8 Å². The van der Waals surface area contributed by atoms with E-state index in [2.05, 4.69) is 10.3 Å². The van der Waals surface area contributed by atoms with Crippen LogP contribution in [-0.4, -0.2) is 46.0 Å². The number of nitrogens with zero attached hydrogens (tertiary/aromatic N) is 2. The van der Waals surface area contributed by atoms with Gasteiger partial charge in [-0.2, -0.15) is 0 Å². The number of thiazole rings is 1. The lowest BCUT2D eigenvalue weighted by Crippen LogP contribution is -2.30. The molecule has 2 unspecified atom stereocenters. The predicted octanol–water partition coefficient (Wildman–Crippen LogP) is 0.944. The number of hydrogen-bond donors (Lipinski definition) is 2. The molecule has 0 radical (unpaired) electrons. The van der Waals surface area contributed by atoms with Gasteiger partial charge in [0.1, 0.15) is 5.69 Å². The van der Waals surface area contributed by atoms with E-state index in [-0.39, 0.29) is 17.7 Å². The Morgan fingerprint density at radius 3 is 2.95 bits per heavy atom. The highest BCUT2D eigenvalue weighted by Crippen LogP contribution is 2.23. The zero-order valence-corrected chi connectivity index (χ0v) is 11.7. The maximum atomic E-state index is 12.2. The van der Waals surface area contributed by atoms with Crippen LogP contribution >= 0.6 is 11.3 Å². The van der Waals surface area contributed by atoms with Crippen molar-refractivity contribution in [1.29, 1.82) is 0 Å². The monoisotopic (exact) mass is 283 g/mol. The summed E-state index contributed by atoms with van der Waals surface area (Å²) >= 11 is 1.23. The fourth-order valence-corrected chi connectivity index (χ4v) is 2.84. The van der Waals surface area contributed by atoms with E-state index in [0.717, 1.165) is 6.42 Å². The van der Waals surface area contributed by atoms with E-state index in [1.165, 1.54) is 18.3 Å². The number of aliphatic hydroxyl groups is 1. The number of aromatic nitrogens is 1. The standard InChI is InChI=1S/C12H17N3O3S/c1-7(16)9-3-4-15(5-9)11(18)10-6-19-12(14-10)13-8(2)17/h6-7,9,16H,3-5H2,1-2H3,(H,13,14,17). The summed E-state index contributed by atoms with van der Waals surface area (Å²) in [5, 5.41) is 14.2. The maximum absolute atomic E-state index is 12.2. The molecule has 1 aliphatic rings. The number of aliphatic hydroxyl groups excluding tert-OH is 1. The van der Waals surface area contributed by atoms with Gasteiger partial charge in [0.25, 0.3) is 5.91 Å². The number of nitrogens with one attached hydrogen (secondary N) is 1. The van der Waals surface area contributed by atoms with Gasteiger partial charge in [0, 0.05) is 31.3 Å². The number of anilines is 1. The normalized spacial score (nSPS) is 20.4. The van der Waals surface area contributed by atoms with E-state index in [1.54, 1.807) is 17.2 Å². The zero-order valence-electron chi connectivity index (χ0n) is 10.9. The van der Waals surface area contributed by atoms with Crippen molar-refractivity contribution in [3.63, 3.8) is 0 Å². The molecule has 2 amide bonds. The van der Waals surface area contributed by atoms with E-state index in [4.69, 9.17) is 0 Å². The van der Waals surface area contributed by atoms with Crippen LogP contribution in [0.15, 0.2) is 5.38 Å². The van der Waals surface area contributed by atoms with Crippen molar-refractivity contribution >= 4 is 28.3 Å². The highest BCUT2D eigenvalue weighted by atomic mass is 32.1. The second-order valence-corrected chi connectivity index (χ2v) is 5.62. The first-order valence-corrected chi connectivity index (χ1v) is 7.06. The van der Waals surface area contributed by atoms with Gasteiger partial charge in [-0.3, -0.25) is 9.59 Å². The molecule has 0 aromatic carbocycles. The van der Waals surface area contributed by atoms with Gasteiger partial charge in [-0.05, 0) is 13.3 Å². The van der Waals surface area contributed by atoms with Crippen molar-refractivity contribution in [1.82, 2.24) is 9.88 Å². The summed E-state index contributed by atoms with van der Waals surface area (Å²) in [5.74, 6) is -0.211. The summed E-state index contributed by atoms with van der Waals surface area (Å²) in [6, 6.07) is 0. The van der Waals surface area contributed by atoms with E-state index < -0.39 is 6.10 Å². The van der Waals surface area contributed by atoms with Crippen LogP contribution in [0.2, 0.25) is 0 Å². The van der Waals surface area contributed by atoms with E-state index in [0.29, 0.717) is 23.9 Å². The van der Waals surface area contributed by atoms with Gasteiger partial charge in [0.05, 0.1) is 6.10 Å². The Morgan fingerprint density at radius 1 is 1.63 bits per heavy atom. The van der Waals surface area contributed by atoms with Crippen LogP contribution < -0.4 is 5.32 Å². The van der Waals surface area contributed by atoms with Crippen LogP contribution in [0.5, 0.6) is 0 Å². The van der Waals surface area contributed by atoms with Crippen molar-refractivity contribution in [2.24, 2.45) is 5.92 Å². The summed E-state index contributed by atoms with van der Waals surface area (Å²) < 4.78 is 0. The molecule has 2 heterocycles. The number of amides is 2. The third-order valence-corrected chi connectivity index (χ3v) is 3.96. The van der Waals surface area contributed by atoms with E-state index >= 15 is 0 Å². The molecule has 1 aromatic rings. The Balaban J connectivity index is 2.00. The molecule has 0 saturated carbocycles. The summed E-state index contributed by atoms with van der Waals surface area (Å²) in [7, 11) is 0. The Morgan fingerprint density at radius 2 is 2.37 bits per heavy atom. The van der Waals surface area contributed by atoms with Gasteiger partial charge >= 0.3 is 0 Å². The average Bonchev–Trinajstić information content (AvgIpc) is 2.95. The van der Waals surface area contributed by atoms with Gasteiger partial charge in [-0.15, -0.1) is 11.3 Å². The largest absolute Gasteiger partial charge is 0.393 e. The van der Waals surface area contributed by atoms with Crippen molar-refractivity contribution in [2.45, 2.75) is 26.4 Å². The Hall–Kier alpha value is -1.47. The van der Waals surface area contributed by atoms with Crippen molar-refractivity contribution in [3.8, 4) is 0 Å². The maximum Gasteiger partial charge on any atom is 0.273 e. The molecule has 2 rings (SSSR count). The quantitative estimate of drug-likeness (QED) is 0.865. The van der Waals surface area contributed by atoms with Crippen LogP contribution in [0.3, 0.4) is 0 Å². The molecule has 2 atom stereocenters. The molecular weight excluding hydrogens is 266 g/mol. The molecule has 1 saturated heterocycles. The number of carbonyl (C=O) groups is 2. The lowest BCUT2D eigenvalue weighted by molar-refractivity contribution is -0.114. The Bertz CT molecular complexity index is 486. The minimum Gasteiger partial charge on any atom is -0.393 e. The van der Waals surface area contributed by atoms with Gasteiger partial charge in [-0.25, -0.2) is 4.98 Å². The first kappa shape index (κ1) is 14.0. The topological polar surface area (TPSA) is 82.5 Å². The van der Waals surface area contributed by atoms with Crippen molar-refractivity contribution < 1.29 is 14.7 Å². The molecule has 2 N–H and O–H groups in total. The first-order valence-electron chi connectivity index (χ1n) is 6.18. The number of carbonyl (C=O) groups excluding carboxylic acids is 2. The molecule has 7 heteroatoms. The van der Waals surface area contributed by atoms with Crippen LogP contribution in [-0.2, 0) is 4.79 Å². The second kappa shape index (κ2) is 5.66. The first-order chi connectivity index (χ1) is 8.97. The van der Waals surface area contributed by atoms with Crippen molar-refractivity contribution in [2.75, 3.05) is 18.4 Å². The smallest absolute Gasteiger partial charge is 0.273 e. The van der Waals surface area contributed by atoms with Gasteiger partial charge in [0.15, 0.2) is 5.13 Å². The molecule has 104 valence electrons. The summed E-state index contributed by atoms with van der Waals surface area (Å²) in [4.78, 5) is 28.9. The lowest BCUT2D eigenvalue weighted by atomic mass is 10.0. The summed E-state index contributed by atoms with van der Waals surface area (Å²) in [6.45, 7) is 4.35. The predicted molar refractivity (Wildman–Crippen MR) is 72.1 cm³/mol. The van der Waals surface area contributed by atoms with Gasteiger partial charge < -0.3 is 15.3 Å². The summed E-state index contributed by atoms with van der Waals surface area (Å²) in [6.07, 6.45) is 0.412. The molecular formula is C12H17N3O3S. The Labute approximate surface area is 115 Å². The summed E-state index contributed by atoms with van der Waals surface area (Å²) in [5.41, 5.74) is 0.347. The van der Waals surface area contributed by atoms with Crippen molar-refractivity contribution in [3.05, 3.63) is 11.1 Å². The second-order valence-electron chi connectivity index (χ2n) is 4.76. The highest BCUT2D eigenvalue weighted by molar-refractivity contribution is 7.14. The molecule has 0 aliphatic carbocycles. The third kappa shape index (κ3) is 3.30. The molecule has 19 heavy (non-hydrogen) atoms. The molecule has 0 bridgehead atoms. The number of rotatable bonds is 3. The van der Waals surface area contributed by atoms with Gasteiger partial charge in [-0.1, -0.05) is 0 Å². The molecule has 6 nitrogen and oxygen atoms in total. The van der Waals surface area contributed by atoms with E-state index in [9.17, 15) is 14.7 Å². The SMILES string of the molecule is CC(=O)Nc1nc(C(=O)N2CCC(C(C)O)C2)cs1. The molecule has 1 aliphatic heterocycles. The zero-order chi connectivity index (χ0) is 14.0. The average molecular weight is 283 g/mol. The van der Waals surface area contributed by atoms with Gasteiger partial charge in [0.2, 0.25) is 5.91 Å². The molecule has 1 aromatic heterocycles. The fourth-order valence-electron chi connectivity index (χ4n) is 2.11. The third-order valence-electron chi connectivity index (χ3n) is 3.20. The van der Waals surface area contributed by atoms with Crippen LogP contribution in [0.25, 0.3) is 0 Å². The molecule has 0 spiro atoms. The van der Waals surface area contributed by atoms with Crippen LogP contribution in [0, 0.1) is 5.92 Å². The minimum absolute atomic E-state index is 0.136. The van der Waals surface area contributed by atoms with Crippen LogP contribution in [0.4, 0.5) is 5.13 Å². The minimum atomic E-state index is -0.400. The molecule has 1 fully saturated rings. The number of hydrogen-bond acceptors (Lipinski definition) is 5. The lowest BCUT2D eigenvalue weighted by Gasteiger charge is -2.16. The fraction of sp³-hybridized carbons (Fsp3) is 0.583.